The summed E-state index contributed by atoms with van der Waals surface area (Å²) < 4.78 is 2.96. The van der Waals surface area contributed by atoms with Crippen LogP contribution in [-0.4, -0.2) is 9.78 Å². The quantitative estimate of drug-likeness (QED) is 0.730. The van der Waals surface area contributed by atoms with Crippen molar-refractivity contribution < 1.29 is 0 Å². The molecule has 2 heterocycles. The molecule has 0 aliphatic rings. The van der Waals surface area contributed by atoms with Gasteiger partial charge < -0.3 is 5.73 Å². The van der Waals surface area contributed by atoms with Crippen molar-refractivity contribution in [3.05, 3.63) is 35.4 Å². The molecule has 2 N–H and O–H groups in total. The van der Waals surface area contributed by atoms with Crippen LogP contribution in [0.25, 0.3) is 20.7 Å². The summed E-state index contributed by atoms with van der Waals surface area (Å²) in [7, 11) is 1.89. The van der Waals surface area contributed by atoms with E-state index in [1.807, 2.05) is 25.2 Å². The van der Waals surface area contributed by atoms with Crippen LogP contribution in [-0.2, 0) is 7.05 Å². The van der Waals surface area contributed by atoms with Gasteiger partial charge in [0.25, 0.3) is 0 Å². The zero-order valence-electron chi connectivity index (χ0n) is 9.14. The molecule has 2 aromatic heterocycles. The number of thiophene rings is 1. The molecule has 3 nitrogen and oxygen atoms in total. The first-order valence-corrected chi connectivity index (χ1v) is 6.32. The number of rotatable bonds is 1. The number of fused-ring (bicyclic) bond motifs is 1. The van der Waals surface area contributed by atoms with Gasteiger partial charge in [0.05, 0.1) is 10.6 Å². The summed E-state index contributed by atoms with van der Waals surface area (Å²) in [6.45, 7) is 0. The summed E-state index contributed by atoms with van der Waals surface area (Å²) in [5.74, 6) is 0.533. The number of nitrogens with two attached hydrogens (primary N) is 1. The Labute approximate surface area is 107 Å². The minimum absolute atomic E-state index is 0.533. The number of hydrogen-bond donors (Lipinski definition) is 1. The SMILES string of the molecule is Cn1nc(N)cc1-c1cc2c(Cl)cccc2s1. The molecular formula is C12H10ClN3S. The standard InChI is InChI=1S/C12H10ClN3S/c1-16-9(6-12(14)15-16)11-5-7-8(13)3-2-4-10(7)17-11/h2-6H,1H3,(H2,14,15). The van der Waals surface area contributed by atoms with Crippen molar-refractivity contribution in [3.63, 3.8) is 0 Å². The Bertz CT molecular complexity index is 699. The van der Waals surface area contributed by atoms with Crippen LogP contribution in [0.15, 0.2) is 30.3 Å². The second-order valence-corrected chi connectivity index (χ2v) is 5.33. The first kappa shape index (κ1) is 10.6. The third-order valence-corrected chi connectivity index (χ3v) is 4.11. The van der Waals surface area contributed by atoms with E-state index in [-0.39, 0.29) is 0 Å². The van der Waals surface area contributed by atoms with Gasteiger partial charge in [0.15, 0.2) is 0 Å². The highest BCUT2D eigenvalue weighted by atomic mass is 35.5. The summed E-state index contributed by atoms with van der Waals surface area (Å²) in [4.78, 5) is 1.12. The number of nitrogens with zero attached hydrogens (tertiary/aromatic N) is 2. The molecular weight excluding hydrogens is 254 g/mol. The minimum atomic E-state index is 0.533. The molecule has 0 unspecified atom stereocenters. The largest absolute Gasteiger partial charge is 0.382 e. The van der Waals surface area contributed by atoms with Crippen molar-refractivity contribution in [1.82, 2.24) is 9.78 Å². The van der Waals surface area contributed by atoms with Crippen LogP contribution >= 0.6 is 22.9 Å². The molecule has 17 heavy (non-hydrogen) atoms. The molecule has 0 aliphatic heterocycles. The van der Waals surface area contributed by atoms with Gasteiger partial charge in [-0.2, -0.15) is 5.10 Å². The second-order valence-electron chi connectivity index (χ2n) is 3.84. The van der Waals surface area contributed by atoms with Gasteiger partial charge in [-0.25, -0.2) is 0 Å². The Morgan fingerprint density at radius 2 is 2.18 bits per heavy atom. The van der Waals surface area contributed by atoms with Crippen molar-refractivity contribution in [2.45, 2.75) is 0 Å². The Morgan fingerprint density at radius 3 is 2.82 bits per heavy atom. The van der Waals surface area contributed by atoms with Gasteiger partial charge in [0.1, 0.15) is 5.82 Å². The highest BCUT2D eigenvalue weighted by Gasteiger charge is 2.10. The van der Waals surface area contributed by atoms with Gasteiger partial charge in [-0.15, -0.1) is 11.3 Å². The molecule has 0 amide bonds. The maximum atomic E-state index is 6.16. The van der Waals surface area contributed by atoms with E-state index in [9.17, 15) is 0 Å². The highest BCUT2D eigenvalue weighted by Crippen LogP contribution is 2.36. The Morgan fingerprint density at radius 1 is 1.35 bits per heavy atom. The second kappa shape index (κ2) is 3.75. The lowest BCUT2D eigenvalue weighted by Crippen LogP contribution is -1.93. The number of halogens is 1. The maximum Gasteiger partial charge on any atom is 0.146 e. The molecule has 1 aromatic carbocycles. The van der Waals surface area contributed by atoms with Crippen LogP contribution in [0.3, 0.4) is 0 Å². The fourth-order valence-corrected chi connectivity index (χ4v) is 3.29. The van der Waals surface area contributed by atoms with Crippen LogP contribution in [0.5, 0.6) is 0 Å². The number of anilines is 1. The number of benzene rings is 1. The molecule has 5 heteroatoms. The first-order chi connectivity index (χ1) is 8.15. The smallest absolute Gasteiger partial charge is 0.146 e. The molecule has 0 spiro atoms. The topological polar surface area (TPSA) is 43.8 Å². The highest BCUT2D eigenvalue weighted by molar-refractivity contribution is 7.22. The van der Waals surface area contributed by atoms with E-state index in [0.29, 0.717) is 5.82 Å². The van der Waals surface area contributed by atoms with Gasteiger partial charge in [-0.1, -0.05) is 17.7 Å². The molecule has 0 bridgehead atoms. The zero-order valence-corrected chi connectivity index (χ0v) is 10.7. The Hall–Kier alpha value is -1.52. The third-order valence-electron chi connectivity index (χ3n) is 2.66. The fourth-order valence-electron chi connectivity index (χ4n) is 1.87. The molecule has 3 aromatic rings. The third kappa shape index (κ3) is 1.69. The van der Waals surface area contributed by atoms with Crippen LogP contribution in [0, 0.1) is 0 Å². The fraction of sp³-hybridized carbons (Fsp3) is 0.0833. The molecule has 0 atom stereocenters. The van der Waals surface area contributed by atoms with Crippen molar-refractivity contribution in [3.8, 4) is 10.6 Å². The summed E-state index contributed by atoms with van der Waals surface area (Å²) in [6, 6.07) is 9.88. The molecule has 0 saturated carbocycles. The molecule has 0 radical (unpaired) electrons. The normalized spacial score (nSPS) is 11.2. The summed E-state index contributed by atoms with van der Waals surface area (Å²) in [5.41, 5.74) is 6.70. The molecule has 0 saturated heterocycles. The Balaban J connectivity index is 2.25. The van der Waals surface area contributed by atoms with E-state index in [1.54, 1.807) is 16.0 Å². The molecule has 0 aliphatic carbocycles. The summed E-state index contributed by atoms with van der Waals surface area (Å²) >= 11 is 7.85. The van der Waals surface area contributed by atoms with E-state index in [1.165, 1.54) is 4.70 Å². The minimum Gasteiger partial charge on any atom is -0.382 e. The van der Waals surface area contributed by atoms with Gasteiger partial charge in [0, 0.05) is 28.2 Å². The average Bonchev–Trinajstić information content (AvgIpc) is 2.82. The summed E-state index contributed by atoms with van der Waals surface area (Å²) in [5, 5.41) is 6.00. The van der Waals surface area contributed by atoms with Gasteiger partial charge in [0.2, 0.25) is 0 Å². The lowest BCUT2D eigenvalue weighted by Gasteiger charge is -1.95. The van der Waals surface area contributed by atoms with Gasteiger partial charge >= 0.3 is 0 Å². The van der Waals surface area contributed by atoms with E-state index in [2.05, 4.69) is 17.2 Å². The number of hydrogen-bond acceptors (Lipinski definition) is 3. The zero-order chi connectivity index (χ0) is 12.0. The first-order valence-electron chi connectivity index (χ1n) is 5.13. The van der Waals surface area contributed by atoms with Crippen molar-refractivity contribution >= 4 is 38.8 Å². The molecule has 3 rings (SSSR count). The molecule has 86 valence electrons. The van der Waals surface area contributed by atoms with E-state index in [4.69, 9.17) is 17.3 Å². The van der Waals surface area contributed by atoms with Crippen molar-refractivity contribution in [2.24, 2.45) is 7.05 Å². The number of aryl methyl sites for hydroxylation is 1. The number of aromatic nitrogens is 2. The van der Waals surface area contributed by atoms with E-state index in [0.717, 1.165) is 21.0 Å². The maximum absolute atomic E-state index is 6.16. The summed E-state index contributed by atoms with van der Waals surface area (Å²) in [6.07, 6.45) is 0. The van der Waals surface area contributed by atoms with Crippen LogP contribution < -0.4 is 5.73 Å². The van der Waals surface area contributed by atoms with Crippen molar-refractivity contribution in [1.29, 1.82) is 0 Å². The Kier molecular flexibility index (Phi) is 2.34. The van der Waals surface area contributed by atoms with Gasteiger partial charge in [-0.3, -0.25) is 4.68 Å². The van der Waals surface area contributed by atoms with Gasteiger partial charge in [-0.05, 0) is 18.2 Å². The van der Waals surface area contributed by atoms with E-state index >= 15 is 0 Å². The van der Waals surface area contributed by atoms with Crippen molar-refractivity contribution in [2.75, 3.05) is 5.73 Å². The average molecular weight is 264 g/mol. The lowest BCUT2D eigenvalue weighted by molar-refractivity contribution is 0.782. The predicted molar refractivity (Wildman–Crippen MR) is 73.4 cm³/mol. The number of nitrogen functional groups attached to an aromatic ring is 1. The van der Waals surface area contributed by atoms with Crippen LogP contribution in [0.2, 0.25) is 5.02 Å². The predicted octanol–water partition coefficient (Wildman–Crippen LogP) is 3.54. The van der Waals surface area contributed by atoms with Crippen LogP contribution in [0.1, 0.15) is 0 Å². The van der Waals surface area contributed by atoms with Crippen LogP contribution in [0.4, 0.5) is 5.82 Å². The lowest BCUT2D eigenvalue weighted by atomic mass is 10.2. The monoisotopic (exact) mass is 263 g/mol. The molecule has 0 fully saturated rings. The van der Waals surface area contributed by atoms with E-state index < -0.39 is 0 Å².